The van der Waals surface area contributed by atoms with Gasteiger partial charge in [-0.3, -0.25) is 0 Å². The molecule has 0 heterocycles. The van der Waals surface area contributed by atoms with Crippen molar-refractivity contribution in [1.29, 1.82) is 0 Å². The first kappa shape index (κ1) is 21.2. The lowest BCUT2D eigenvalue weighted by Gasteiger charge is -2.25. The van der Waals surface area contributed by atoms with E-state index in [0.29, 0.717) is 0 Å². The minimum absolute atomic E-state index is 0.113. The molecule has 0 amide bonds. The average Bonchev–Trinajstić information content (AvgIpc) is 2.58. The summed E-state index contributed by atoms with van der Waals surface area (Å²) in [4.78, 5) is 0. The van der Waals surface area contributed by atoms with E-state index in [2.05, 4.69) is 65.8 Å². The lowest BCUT2D eigenvalue weighted by Crippen LogP contribution is -2.55. The average molecular weight is 394 g/mol. The van der Waals surface area contributed by atoms with Gasteiger partial charge in [-0.15, -0.1) is 0 Å². The van der Waals surface area contributed by atoms with E-state index in [4.69, 9.17) is 0 Å². The van der Waals surface area contributed by atoms with Gasteiger partial charge in [0.15, 0.2) is 0 Å². The van der Waals surface area contributed by atoms with Crippen molar-refractivity contribution < 1.29 is 13.2 Å². The molecule has 0 bridgehead atoms. The molecule has 0 N–H and O–H groups in total. The highest BCUT2D eigenvalue weighted by atomic mass is 19.4. The Kier molecular flexibility index (Phi) is 5.66. The lowest BCUT2D eigenvalue weighted by atomic mass is 9.34. The third-order valence-electron chi connectivity index (χ3n) is 5.62. The van der Waals surface area contributed by atoms with Crippen LogP contribution in [0.2, 0.25) is 0 Å². The summed E-state index contributed by atoms with van der Waals surface area (Å²) >= 11 is 0. The third-order valence-corrected chi connectivity index (χ3v) is 5.62. The monoisotopic (exact) mass is 394 g/mol. The molecule has 0 radical (unpaired) electrons. The summed E-state index contributed by atoms with van der Waals surface area (Å²) in [6, 6.07) is 14.3. The van der Waals surface area contributed by atoms with Crippen LogP contribution in [0.4, 0.5) is 13.2 Å². The lowest BCUT2D eigenvalue weighted by molar-refractivity contribution is -0.137. The van der Waals surface area contributed by atoms with Crippen LogP contribution in [0.15, 0.2) is 48.5 Å². The van der Waals surface area contributed by atoms with Gasteiger partial charge in [-0.2, -0.15) is 13.2 Å². The van der Waals surface area contributed by atoms with Gasteiger partial charge in [0.1, 0.15) is 0 Å². The maximum absolute atomic E-state index is 13.1. The summed E-state index contributed by atoms with van der Waals surface area (Å²) in [5.74, 6) is 0. The fraction of sp³-hybridized carbons (Fsp3) is 0.280. The molecule has 0 fully saturated rings. The molecule has 0 aliphatic rings. The molecular formula is C25H26BF3. The maximum atomic E-state index is 13.1. The number of halogens is 3. The first-order chi connectivity index (χ1) is 13.5. The Bertz CT molecular complexity index is 943. The van der Waals surface area contributed by atoms with Gasteiger partial charge in [0.25, 0.3) is 0 Å². The summed E-state index contributed by atoms with van der Waals surface area (Å²) in [5, 5.41) is 0. The number of alkyl halides is 3. The van der Waals surface area contributed by atoms with E-state index >= 15 is 0 Å². The summed E-state index contributed by atoms with van der Waals surface area (Å²) in [7, 11) is 0. The molecule has 0 nitrogen and oxygen atoms in total. The Morgan fingerprint density at radius 2 is 0.931 bits per heavy atom. The molecule has 0 aliphatic carbocycles. The first-order valence-corrected chi connectivity index (χ1v) is 9.81. The molecule has 4 heteroatoms. The van der Waals surface area contributed by atoms with Crippen molar-refractivity contribution >= 4 is 23.1 Å². The van der Waals surface area contributed by atoms with Crippen LogP contribution in [0.25, 0.3) is 0 Å². The van der Waals surface area contributed by atoms with E-state index in [1.165, 1.54) is 34.2 Å². The Morgan fingerprint density at radius 3 is 1.24 bits per heavy atom. The standard InChI is InChI=1S/C25H26BF3/c1-15-11-17(3)23(18(4)12-15)26(24-19(5)13-16(2)14-20(24)6)22-9-7-21(8-10-22)25(27,28)29/h7-14H,1-6H3. The highest BCUT2D eigenvalue weighted by molar-refractivity contribution is 6.96. The SMILES string of the molecule is Cc1cc(C)c(B(c2ccc(C(F)(F)F)cc2)c2c(C)cc(C)cc2C)c(C)c1. The van der Waals surface area contributed by atoms with Crippen LogP contribution in [-0.2, 0) is 6.18 Å². The van der Waals surface area contributed by atoms with Gasteiger partial charge >= 0.3 is 6.18 Å². The number of benzene rings is 3. The van der Waals surface area contributed by atoms with Crippen LogP contribution >= 0.6 is 0 Å². The van der Waals surface area contributed by atoms with Crippen LogP contribution in [-0.4, -0.2) is 6.71 Å². The normalized spacial score (nSPS) is 11.6. The fourth-order valence-electron chi connectivity index (χ4n) is 4.64. The summed E-state index contributed by atoms with van der Waals surface area (Å²) in [6.45, 7) is 12.4. The molecule has 0 aliphatic heterocycles. The Labute approximate surface area is 171 Å². The maximum Gasteiger partial charge on any atom is 0.416 e. The van der Waals surface area contributed by atoms with Crippen LogP contribution in [0.3, 0.4) is 0 Å². The Hall–Kier alpha value is -2.49. The molecule has 0 saturated heterocycles. The van der Waals surface area contributed by atoms with E-state index in [1.807, 2.05) is 0 Å². The first-order valence-electron chi connectivity index (χ1n) is 9.81. The van der Waals surface area contributed by atoms with Crippen LogP contribution in [0.1, 0.15) is 38.9 Å². The number of aryl methyl sites for hydroxylation is 6. The molecular weight excluding hydrogens is 368 g/mol. The predicted molar refractivity (Wildman–Crippen MR) is 117 cm³/mol. The van der Waals surface area contributed by atoms with Crippen molar-refractivity contribution in [2.24, 2.45) is 0 Å². The summed E-state index contributed by atoms with van der Waals surface area (Å²) in [5.41, 5.74) is 9.62. The van der Waals surface area contributed by atoms with Gasteiger partial charge in [0.2, 0.25) is 6.71 Å². The van der Waals surface area contributed by atoms with E-state index in [-0.39, 0.29) is 6.71 Å². The molecule has 3 aromatic rings. The van der Waals surface area contributed by atoms with Crippen molar-refractivity contribution in [3.05, 3.63) is 87.5 Å². The van der Waals surface area contributed by atoms with Crippen molar-refractivity contribution in [2.45, 2.75) is 47.7 Å². The molecule has 3 rings (SSSR count). The van der Waals surface area contributed by atoms with Crippen molar-refractivity contribution in [3.8, 4) is 0 Å². The third kappa shape index (κ3) is 4.27. The van der Waals surface area contributed by atoms with Gasteiger partial charge in [-0.25, -0.2) is 0 Å². The Balaban J connectivity index is 2.30. The molecule has 29 heavy (non-hydrogen) atoms. The molecule has 0 unspecified atom stereocenters. The highest BCUT2D eigenvalue weighted by Crippen LogP contribution is 2.28. The van der Waals surface area contributed by atoms with Crippen LogP contribution in [0, 0.1) is 41.5 Å². The minimum atomic E-state index is -4.33. The van der Waals surface area contributed by atoms with Gasteiger partial charge < -0.3 is 0 Å². The summed E-state index contributed by atoms with van der Waals surface area (Å²) in [6.07, 6.45) is -4.33. The topological polar surface area (TPSA) is 0 Å². The second-order valence-electron chi connectivity index (χ2n) is 8.18. The molecule has 150 valence electrons. The molecule has 0 saturated carbocycles. The molecule has 3 aromatic carbocycles. The quantitative estimate of drug-likeness (QED) is 0.544. The highest BCUT2D eigenvalue weighted by Gasteiger charge is 2.32. The van der Waals surface area contributed by atoms with Crippen molar-refractivity contribution in [3.63, 3.8) is 0 Å². The second kappa shape index (κ2) is 7.74. The summed E-state index contributed by atoms with van der Waals surface area (Å²) < 4.78 is 39.3. The fourth-order valence-corrected chi connectivity index (χ4v) is 4.64. The Morgan fingerprint density at radius 1 is 0.586 bits per heavy atom. The number of hydrogen-bond acceptors (Lipinski definition) is 0. The zero-order valence-electron chi connectivity index (χ0n) is 17.8. The van der Waals surface area contributed by atoms with Gasteiger partial charge in [-0.1, -0.05) is 98.3 Å². The number of hydrogen-bond donors (Lipinski definition) is 0. The number of rotatable bonds is 3. The van der Waals surface area contributed by atoms with Gasteiger partial charge in [-0.05, 0) is 41.5 Å². The molecule has 0 spiro atoms. The molecule has 0 atom stereocenters. The van der Waals surface area contributed by atoms with E-state index in [9.17, 15) is 13.2 Å². The van der Waals surface area contributed by atoms with Crippen molar-refractivity contribution in [1.82, 2.24) is 0 Å². The van der Waals surface area contributed by atoms with E-state index < -0.39 is 11.7 Å². The molecule has 0 aromatic heterocycles. The van der Waals surface area contributed by atoms with Crippen molar-refractivity contribution in [2.75, 3.05) is 0 Å². The zero-order chi connectivity index (χ0) is 21.5. The minimum Gasteiger partial charge on any atom is -0.166 e. The smallest absolute Gasteiger partial charge is 0.166 e. The second-order valence-corrected chi connectivity index (χ2v) is 8.18. The van der Waals surface area contributed by atoms with E-state index in [0.717, 1.165) is 27.7 Å². The van der Waals surface area contributed by atoms with Crippen LogP contribution < -0.4 is 16.4 Å². The zero-order valence-corrected chi connectivity index (χ0v) is 17.8. The van der Waals surface area contributed by atoms with Gasteiger partial charge in [0, 0.05) is 0 Å². The predicted octanol–water partition coefficient (Wildman–Crippen LogP) is 5.07. The van der Waals surface area contributed by atoms with Crippen LogP contribution in [0.5, 0.6) is 0 Å². The van der Waals surface area contributed by atoms with E-state index in [1.54, 1.807) is 12.1 Å². The largest absolute Gasteiger partial charge is 0.416 e. The van der Waals surface area contributed by atoms with Gasteiger partial charge in [0.05, 0.1) is 5.56 Å².